The Balaban J connectivity index is 1.37. The number of rotatable bonds is 6. The predicted molar refractivity (Wildman–Crippen MR) is 154 cm³/mol. The van der Waals surface area contributed by atoms with Crippen LogP contribution < -0.4 is 10.6 Å². The molecule has 2 saturated carbocycles. The Morgan fingerprint density at radius 2 is 1.65 bits per heavy atom. The van der Waals surface area contributed by atoms with Gasteiger partial charge in [-0.15, -0.1) is 0 Å². The molecule has 0 radical (unpaired) electrons. The Bertz CT molecular complexity index is 1190. The summed E-state index contributed by atoms with van der Waals surface area (Å²) in [6.45, 7) is 3.09. The molecule has 0 unspecified atom stereocenters. The molecule has 2 amide bonds. The number of carbonyl (C=O) groups excluding carboxylic acids is 2. The number of hydrogen-bond acceptors (Lipinski definition) is 4. The van der Waals surface area contributed by atoms with Crippen LogP contribution in [0.5, 0.6) is 0 Å². The van der Waals surface area contributed by atoms with Gasteiger partial charge in [-0.05, 0) is 87.1 Å². The van der Waals surface area contributed by atoms with Crippen LogP contribution in [0, 0.1) is 24.6 Å². The molecule has 2 aromatic carbocycles. The fraction of sp³-hybridized carbons (Fsp3) is 0.576. The highest BCUT2D eigenvalue weighted by molar-refractivity contribution is 5.97. The van der Waals surface area contributed by atoms with E-state index >= 15 is 4.39 Å². The number of fused-ring (bicyclic) bond motifs is 1. The van der Waals surface area contributed by atoms with E-state index in [1.54, 1.807) is 19.1 Å². The van der Waals surface area contributed by atoms with Gasteiger partial charge in [0.1, 0.15) is 5.82 Å². The first kappa shape index (κ1) is 27.3. The van der Waals surface area contributed by atoms with Gasteiger partial charge in [0.25, 0.3) is 5.91 Å². The van der Waals surface area contributed by atoms with Crippen LogP contribution in [0.2, 0.25) is 0 Å². The summed E-state index contributed by atoms with van der Waals surface area (Å²) in [6, 6.07) is 13.2. The first-order chi connectivity index (χ1) is 19.5. The van der Waals surface area contributed by atoms with Crippen molar-refractivity contribution in [1.29, 1.82) is 0 Å². The van der Waals surface area contributed by atoms with Gasteiger partial charge in [-0.25, -0.2) is 4.39 Å². The number of halogens is 1. The molecular weight excluding hydrogens is 505 g/mol. The lowest BCUT2D eigenvalue weighted by atomic mass is 9.75. The van der Waals surface area contributed by atoms with E-state index in [1.807, 2.05) is 4.90 Å². The van der Waals surface area contributed by atoms with Gasteiger partial charge >= 0.3 is 0 Å². The molecule has 7 heteroatoms. The Morgan fingerprint density at radius 1 is 0.900 bits per heavy atom. The number of ether oxygens (including phenoxy) is 1. The average Bonchev–Trinajstić information content (AvgIpc) is 3.65. The summed E-state index contributed by atoms with van der Waals surface area (Å²) in [6.07, 6.45) is 10.1. The molecule has 2 saturated heterocycles. The zero-order valence-electron chi connectivity index (χ0n) is 23.5. The lowest BCUT2D eigenvalue weighted by Gasteiger charge is -2.48. The molecule has 2 aliphatic carbocycles. The van der Waals surface area contributed by atoms with Gasteiger partial charge in [-0.1, -0.05) is 43.5 Å². The van der Waals surface area contributed by atoms with Gasteiger partial charge in [-0.2, -0.15) is 0 Å². The van der Waals surface area contributed by atoms with Crippen molar-refractivity contribution in [1.82, 2.24) is 10.2 Å². The van der Waals surface area contributed by atoms with E-state index < -0.39 is 17.8 Å². The second kappa shape index (κ2) is 11.9. The maximum absolute atomic E-state index is 15.2. The van der Waals surface area contributed by atoms with Crippen LogP contribution in [0.1, 0.15) is 91.7 Å². The molecule has 4 atom stereocenters. The molecule has 2 aliphatic heterocycles. The Morgan fingerprint density at radius 3 is 2.38 bits per heavy atom. The van der Waals surface area contributed by atoms with Crippen molar-refractivity contribution in [2.75, 3.05) is 18.5 Å². The Hall–Kier alpha value is -2.93. The molecule has 2 aromatic rings. The minimum Gasteiger partial charge on any atom is -0.382 e. The van der Waals surface area contributed by atoms with Crippen molar-refractivity contribution in [2.45, 2.75) is 95.3 Å². The number of benzene rings is 2. The number of likely N-dealkylation sites (tertiary alicyclic amines) is 1. The third kappa shape index (κ3) is 5.50. The van der Waals surface area contributed by atoms with Gasteiger partial charge in [0.05, 0.1) is 17.5 Å². The topological polar surface area (TPSA) is 70.7 Å². The predicted octanol–water partition coefficient (Wildman–Crippen LogP) is 6.16. The highest BCUT2D eigenvalue weighted by atomic mass is 19.1. The van der Waals surface area contributed by atoms with Crippen molar-refractivity contribution in [3.8, 4) is 0 Å². The Labute approximate surface area is 237 Å². The summed E-state index contributed by atoms with van der Waals surface area (Å²) in [5.74, 6) is -0.955. The molecule has 214 valence electrons. The fourth-order valence-corrected chi connectivity index (χ4v) is 7.70. The number of nitrogens with one attached hydrogen (secondary N) is 2. The van der Waals surface area contributed by atoms with Gasteiger partial charge in [0, 0.05) is 37.0 Å². The number of nitrogens with zero attached hydrogens (tertiary/aromatic N) is 1. The van der Waals surface area contributed by atoms with Gasteiger partial charge < -0.3 is 20.3 Å². The van der Waals surface area contributed by atoms with Gasteiger partial charge in [-0.3, -0.25) is 9.59 Å². The number of amides is 2. The van der Waals surface area contributed by atoms with E-state index in [2.05, 4.69) is 34.9 Å². The zero-order valence-corrected chi connectivity index (χ0v) is 23.5. The summed E-state index contributed by atoms with van der Waals surface area (Å²) in [5, 5.41) is 6.96. The molecule has 6 nitrogen and oxygen atoms in total. The first-order valence-corrected chi connectivity index (χ1v) is 15.3. The average molecular weight is 548 g/mol. The normalized spacial score (nSPS) is 27.4. The van der Waals surface area contributed by atoms with Crippen molar-refractivity contribution < 1.29 is 18.7 Å². The van der Waals surface area contributed by atoms with Crippen LogP contribution in [0.3, 0.4) is 0 Å². The minimum absolute atomic E-state index is 0.0000676. The van der Waals surface area contributed by atoms with Crippen LogP contribution in [0.15, 0.2) is 42.5 Å². The van der Waals surface area contributed by atoms with Crippen LogP contribution in [-0.2, 0) is 9.53 Å². The number of anilines is 1. The van der Waals surface area contributed by atoms with Crippen LogP contribution >= 0.6 is 0 Å². The lowest BCUT2D eigenvalue weighted by molar-refractivity contribution is -0.131. The van der Waals surface area contributed by atoms with E-state index in [9.17, 15) is 9.59 Å². The molecule has 0 spiro atoms. The Kier molecular flexibility index (Phi) is 8.10. The van der Waals surface area contributed by atoms with Crippen LogP contribution in [-0.4, -0.2) is 48.1 Å². The maximum atomic E-state index is 15.2. The van der Waals surface area contributed by atoms with E-state index in [-0.39, 0.29) is 35.4 Å². The van der Waals surface area contributed by atoms with Crippen molar-refractivity contribution in [2.24, 2.45) is 11.8 Å². The second-order valence-electron chi connectivity index (χ2n) is 12.3. The molecule has 40 heavy (non-hydrogen) atoms. The standard InChI is InChI=1S/C33H42FN3O3/c1-21-6-4-10-28(34)30(21)33(39)37-29-11-5-7-23(29)20-27(32(38)36-26-16-18-40-19-17-26)31(37)22-12-14-25(15-13-22)35-24-8-2-3-9-24/h4,6,10,12-15,23-24,26-27,29,31,35H,2-3,5,7-9,11,16-20H2,1H3,(H,36,38)/t23-,27+,29-,31+/m1/s1. The summed E-state index contributed by atoms with van der Waals surface area (Å²) in [4.78, 5) is 30.2. The quantitative estimate of drug-likeness (QED) is 0.455. The molecule has 2 heterocycles. The van der Waals surface area contributed by atoms with Crippen molar-refractivity contribution in [3.05, 3.63) is 65.0 Å². The SMILES string of the molecule is Cc1cccc(F)c1C(=O)N1[C@@H]2CCC[C@@H]2C[C@H](C(=O)NC2CCOCC2)[C@@H]1c1ccc(NC2CCCC2)cc1. The third-order valence-electron chi connectivity index (χ3n) is 9.77. The van der Waals surface area contributed by atoms with Crippen LogP contribution in [0.4, 0.5) is 10.1 Å². The van der Waals surface area contributed by atoms with E-state index in [0.717, 1.165) is 49.8 Å². The molecule has 0 aromatic heterocycles. The monoisotopic (exact) mass is 547 g/mol. The molecular formula is C33H42FN3O3. The van der Waals surface area contributed by atoms with Crippen LogP contribution in [0.25, 0.3) is 0 Å². The molecule has 0 bridgehead atoms. The summed E-state index contributed by atoms with van der Waals surface area (Å²) in [5.41, 5.74) is 2.76. The number of piperidine rings is 1. The van der Waals surface area contributed by atoms with Crippen molar-refractivity contribution >= 4 is 17.5 Å². The van der Waals surface area contributed by atoms with E-state index in [4.69, 9.17) is 4.74 Å². The minimum atomic E-state index is -0.497. The van der Waals surface area contributed by atoms with E-state index in [0.29, 0.717) is 24.8 Å². The highest BCUT2D eigenvalue weighted by Crippen LogP contribution is 2.49. The zero-order chi connectivity index (χ0) is 27.6. The molecule has 4 aliphatic rings. The lowest BCUT2D eigenvalue weighted by Crippen LogP contribution is -2.55. The van der Waals surface area contributed by atoms with Gasteiger partial charge in [0.15, 0.2) is 0 Å². The molecule has 6 rings (SSSR count). The van der Waals surface area contributed by atoms with E-state index in [1.165, 1.54) is 31.7 Å². The second-order valence-corrected chi connectivity index (χ2v) is 12.3. The number of aryl methyl sites for hydroxylation is 1. The first-order valence-electron chi connectivity index (χ1n) is 15.3. The number of hydrogen-bond donors (Lipinski definition) is 2. The molecule has 2 N–H and O–H groups in total. The maximum Gasteiger partial charge on any atom is 0.257 e. The molecule has 4 fully saturated rings. The van der Waals surface area contributed by atoms with Gasteiger partial charge in [0.2, 0.25) is 5.91 Å². The highest BCUT2D eigenvalue weighted by Gasteiger charge is 2.50. The summed E-state index contributed by atoms with van der Waals surface area (Å²) < 4.78 is 20.7. The summed E-state index contributed by atoms with van der Waals surface area (Å²) in [7, 11) is 0. The summed E-state index contributed by atoms with van der Waals surface area (Å²) >= 11 is 0. The largest absolute Gasteiger partial charge is 0.382 e. The fourth-order valence-electron chi connectivity index (χ4n) is 7.70. The third-order valence-corrected chi connectivity index (χ3v) is 9.77. The number of carbonyl (C=O) groups is 2. The van der Waals surface area contributed by atoms with Crippen molar-refractivity contribution in [3.63, 3.8) is 0 Å². The smallest absolute Gasteiger partial charge is 0.257 e.